The summed E-state index contributed by atoms with van der Waals surface area (Å²) in [6.45, 7) is 1.93. The summed E-state index contributed by atoms with van der Waals surface area (Å²) in [4.78, 5) is 45.2. The molecule has 3 aliphatic rings. The topological polar surface area (TPSA) is 82.1 Å². The number of benzene rings is 1. The quantitative estimate of drug-likeness (QED) is 0.889. The monoisotopic (exact) mass is 366 g/mol. The van der Waals surface area contributed by atoms with Gasteiger partial charge in [-0.05, 0) is 31.9 Å². The van der Waals surface area contributed by atoms with Crippen molar-refractivity contribution >= 4 is 29.2 Å². The predicted molar refractivity (Wildman–Crippen MR) is 102 cm³/mol. The average molecular weight is 366 g/mol. The van der Waals surface area contributed by atoms with E-state index < -0.39 is 18.0 Å². The zero-order valence-electron chi connectivity index (χ0n) is 15.4. The number of hydrogen-bond donors (Lipinski definition) is 1. The van der Waals surface area contributed by atoms with Crippen molar-refractivity contribution in [3.63, 3.8) is 0 Å². The molecule has 27 heavy (non-hydrogen) atoms. The lowest BCUT2D eigenvalue weighted by atomic mass is 10.0. The van der Waals surface area contributed by atoms with Gasteiger partial charge in [0, 0.05) is 19.3 Å². The Kier molecular flexibility index (Phi) is 4.30. The second kappa shape index (κ2) is 6.64. The molecular weight excluding hydrogens is 344 g/mol. The minimum atomic E-state index is -0.756. The van der Waals surface area contributed by atoms with E-state index in [1.165, 1.54) is 0 Å². The Balaban J connectivity index is 1.61. The van der Waals surface area contributed by atoms with Gasteiger partial charge in [0.2, 0.25) is 0 Å². The number of imide groups is 1. The largest absolute Gasteiger partial charge is 0.363 e. The van der Waals surface area contributed by atoms with Crippen LogP contribution in [0.4, 0.5) is 10.5 Å². The lowest BCUT2D eigenvalue weighted by Gasteiger charge is -2.30. The molecule has 1 N–H and O–H groups in total. The van der Waals surface area contributed by atoms with Gasteiger partial charge in [-0.25, -0.2) is 9.69 Å². The fraction of sp³-hybridized carbons (Fsp3) is 0.400. The molecule has 1 aromatic rings. The van der Waals surface area contributed by atoms with Gasteiger partial charge in [0.1, 0.15) is 0 Å². The number of carbonyl (C=O) groups is 3. The summed E-state index contributed by atoms with van der Waals surface area (Å²) < 4.78 is 0. The van der Waals surface area contributed by atoms with Gasteiger partial charge in [-0.3, -0.25) is 9.59 Å². The number of carbonyl (C=O) groups excluding carboxylic acids is 3. The molecule has 140 valence electrons. The maximum atomic E-state index is 13.0. The van der Waals surface area contributed by atoms with E-state index in [-0.39, 0.29) is 17.7 Å². The Morgan fingerprint density at radius 3 is 2.48 bits per heavy atom. The van der Waals surface area contributed by atoms with Crippen LogP contribution < -0.4 is 10.2 Å². The van der Waals surface area contributed by atoms with Crippen LogP contribution in [0.2, 0.25) is 0 Å². The number of hydrogen-bond acceptors (Lipinski definition) is 4. The number of urea groups is 1. The average Bonchev–Trinajstić information content (AvgIpc) is 3.24. The first-order valence-electron chi connectivity index (χ1n) is 9.24. The first-order chi connectivity index (χ1) is 13.0. The van der Waals surface area contributed by atoms with Crippen molar-refractivity contribution < 1.29 is 14.4 Å². The van der Waals surface area contributed by atoms with Gasteiger partial charge in [-0.15, -0.1) is 0 Å². The molecule has 0 radical (unpaired) electrons. The second-order valence-electron chi connectivity index (χ2n) is 7.35. The van der Waals surface area contributed by atoms with Crippen molar-refractivity contribution in [2.45, 2.75) is 44.7 Å². The Hall–Kier alpha value is -2.96. The summed E-state index contributed by atoms with van der Waals surface area (Å²) in [6.07, 6.45) is 5.75. The number of rotatable bonds is 3. The van der Waals surface area contributed by atoms with Crippen LogP contribution in [-0.4, -0.2) is 47.6 Å². The van der Waals surface area contributed by atoms with Crippen molar-refractivity contribution in [3.05, 3.63) is 41.6 Å². The van der Waals surface area contributed by atoms with Gasteiger partial charge >= 0.3 is 6.03 Å². The van der Waals surface area contributed by atoms with E-state index >= 15 is 0 Å². The number of likely N-dealkylation sites (N-methyl/N-ethyl adjacent to an activating group) is 1. The van der Waals surface area contributed by atoms with Crippen LogP contribution in [0.5, 0.6) is 0 Å². The second-order valence-corrected chi connectivity index (χ2v) is 7.35. The molecule has 4 amide bonds. The number of nitrogens with zero attached hydrogens (tertiary/aromatic N) is 3. The van der Waals surface area contributed by atoms with E-state index in [4.69, 9.17) is 0 Å². The van der Waals surface area contributed by atoms with Crippen molar-refractivity contribution in [3.8, 4) is 0 Å². The smallest absolute Gasteiger partial charge is 0.355 e. The van der Waals surface area contributed by atoms with Crippen LogP contribution in [0, 0.1) is 6.92 Å². The fourth-order valence-electron chi connectivity index (χ4n) is 3.91. The maximum absolute atomic E-state index is 13.0. The summed E-state index contributed by atoms with van der Waals surface area (Å²) in [7, 11) is 1.72. The highest BCUT2D eigenvalue weighted by Crippen LogP contribution is 2.28. The van der Waals surface area contributed by atoms with Gasteiger partial charge in [-0.2, -0.15) is 4.99 Å². The Morgan fingerprint density at radius 1 is 1.15 bits per heavy atom. The molecule has 0 spiro atoms. The minimum absolute atomic E-state index is 0.155. The van der Waals surface area contributed by atoms with E-state index in [9.17, 15) is 14.4 Å². The number of anilines is 1. The number of fused-ring (bicyclic) bond motifs is 1. The summed E-state index contributed by atoms with van der Waals surface area (Å²) in [5.74, 6) is -0.657. The molecule has 1 aliphatic carbocycles. The third-order valence-electron chi connectivity index (χ3n) is 5.36. The highest BCUT2D eigenvalue weighted by Gasteiger charge is 2.46. The normalized spacial score (nSPS) is 22.7. The number of aliphatic imine (C=N–C) groups is 1. The van der Waals surface area contributed by atoms with E-state index in [0.29, 0.717) is 11.3 Å². The SMILES string of the molecule is Cc1ccc(N2C(=O)N=C3C(C(=O)NC4CCCC4)=CN(C)C3C2=O)cc1. The third kappa shape index (κ3) is 3.03. The number of nitrogens with one attached hydrogen (secondary N) is 1. The van der Waals surface area contributed by atoms with Gasteiger partial charge in [-0.1, -0.05) is 30.5 Å². The van der Waals surface area contributed by atoms with Crippen molar-refractivity contribution in [2.24, 2.45) is 4.99 Å². The van der Waals surface area contributed by atoms with Gasteiger partial charge < -0.3 is 10.2 Å². The molecule has 1 atom stereocenters. The first kappa shape index (κ1) is 17.5. The summed E-state index contributed by atoms with van der Waals surface area (Å²) in [6, 6.07) is 5.86. The highest BCUT2D eigenvalue weighted by molar-refractivity contribution is 6.39. The zero-order valence-corrected chi connectivity index (χ0v) is 15.4. The molecule has 1 aromatic carbocycles. The van der Waals surface area contributed by atoms with Crippen molar-refractivity contribution in [1.82, 2.24) is 10.2 Å². The van der Waals surface area contributed by atoms with E-state index in [1.807, 2.05) is 19.1 Å². The standard InChI is InChI=1S/C20H22N4O3/c1-12-7-9-14(10-8-12)24-19(26)17-16(22-20(24)27)15(11-23(17)2)18(25)21-13-5-3-4-6-13/h7-11,13,17H,3-6H2,1-2H3,(H,21,25). The lowest BCUT2D eigenvalue weighted by molar-refractivity contribution is -0.120. The molecular formula is C20H22N4O3. The Morgan fingerprint density at radius 2 is 1.81 bits per heavy atom. The van der Waals surface area contributed by atoms with Crippen LogP contribution in [0.3, 0.4) is 0 Å². The highest BCUT2D eigenvalue weighted by atomic mass is 16.2. The van der Waals surface area contributed by atoms with Crippen LogP contribution >= 0.6 is 0 Å². The van der Waals surface area contributed by atoms with Crippen LogP contribution in [0.25, 0.3) is 0 Å². The third-order valence-corrected chi connectivity index (χ3v) is 5.36. The molecule has 7 heteroatoms. The van der Waals surface area contributed by atoms with Gasteiger partial charge in [0.25, 0.3) is 11.8 Å². The molecule has 1 unspecified atom stereocenters. The number of aryl methyl sites for hydroxylation is 1. The number of amides is 4. The zero-order chi connectivity index (χ0) is 19.1. The molecule has 0 bridgehead atoms. The van der Waals surface area contributed by atoms with E-state index in [2.05, 4.69) is 10.3 Å². The van der Waals surface area contributed by atoms with Gasteiger partial charge in [0.05, 0.1) is 17.0 Å². The van der Waals surface area contributed by atoms with Crippen LogP contribution in [-0.2, 0) is 9.59 Å². The summed E-state index contributed by atoms with van der Waals surface area (Å²) in [5.41, 5.74) is 2.06. The molecule has 4 rings (SSSR count). The fourth-order valence-corrected chi connectivity index (χ4v) is 3.91. The molecule has 7 nitrogen and oxygen atoms in total. The van der Waals surface area contributed by atoms with E-state index in [0.717, 1.165) is 36.1 Å². The molecule has 1 saturated carbocycles. The van der Waals surface area contributed by atoms with Gasteiger partial charge in [0.15, 0.2) is 6.04 Å². The molecule has 0 saturated heterocycles. The predicted octanol–water partition coefficient (Wildman–Crippen LogP) is 2.16. The molecule has 2 aliphatic heterocycles. The maximum Gasteiger partial charge on any atom is 0.355 e. The first-order valence-corrected chi connectivity index (χ1v) is 9.24. The molecule has 2 heterocycles. The minimum Gasteiger partial charge on any atom is -0.363 e. The molecule has 0 aromatic heterocycles. The molecule has 1 fully saturated rings. The summed E-state index contributed by atoms with van der Waals surface area (Å²) >= 11 is 0. The Labute approximate surface area is 157 Å². The van der Waals surface area contributed by atoms with E-state index in [1.54, 1.807) is 30.3 Å². The van der Waals surface area contributed by atoms with Crippen LogP contribution in [0.1, 0.15) is 31.2 Å². The Bertz CT molecular complexity index is 866. The van der Waals surface area contributed by atoms with Crippen LogP contribution in [0.15, 0.2) is 41.0 Å². The van der Waals surface area contributed by atoms with Crippen molar-refractivity contribution in [2.75, 3.05) is 11.9 Å². The summed E-state index contributed by atoms with van der Waals surface area (Å²) in [5, 5.41) is 3.00. The lowest BCUT2D eigenvalue weighted by Crippen LogP contribution is -2.54. The van der Waals surface area contributed by atoms with Crippen molar-refractivity contribution in [1.29, 1.82) is 0 Å².